The second kappa shape index (κ2) is 3.23. The average molecular weight is 244 g/mol. The van der Waals surface area contributed by atoms with Crippen molar-refractivity contribution in [3.63, 3.8) is 0 Å². The average Bonchev–Trinajstić information content (AvgIpc) is 3.12. The molecule has 0 amide bonds. The molecule has 4 aliphatic rings. The lowest BCUT2D eigenvalue weighted by Crippen LogP contribution is -2.30. The molecule has 0 aromatic heterocycles. The van der Waals surface area contributed by atoms with Gasteiger partial charge in [0.1, 0.15) is 11.5 Å². The van der Waals surface area contributed by atoms with E-state index in [1.54, 1.807) is 14.2 Å². The molecule has 0 saturated heterocycles. The van der Waals surface area contributed by atoms with Crippen molar-refractivity contribution in [1.82, 2.24) is 0 Å². The summed E-state index contributed by atoms with van der Waals surface area (Å²) in [7, 11) is 3.58. The molecule has 1 aromatic carbocycles. The second-order valence-electron chi connectivity index (χ2n) is 6.35. The van der Waals surface area contributed by atoms with Crippen molar-refractivity contribution in [1.29, 1.82) is 0 Å². The molecule has 2 bridgehead atoms. The number of hydrogen-bond donors (Lipinski definition) is 0. The third-order valence-corrected chi connectivity index (χ3v) is 5.76. The summed E-state index contributed by atoms with van der Waals surface area (Å²) in [5.41, 5.74) is 3.48. The van der Waals surface area contributed by atoms with E-state index in [1.165, 1.54) is 30.4 Å². The minimum absolute atomic E-state index is 0.551. The summed E-state index contributed by atoms with van der Waals surface area (Å²) < 4.78 is 11.2. The lowest BCUT2D eigenvalue weighted by molar-refractivity contribution is 0.238. The van der Waals surface area contributed by atoms with E-state index in [2.05, 4.69) is 19.1 Å². The van der Waals surface area contributed by atoms with E-state index in [1.807, 2.05) is 0 Å². The van der Waals surface area contributed by atoms with Crippen LogP contribution in [0.2, 0.25) is 0 Å². The normalized spacial score (nSPS) is 38.9. The molecular formula is C16H20O2. The van der Waals surface area contributed by atoms with Crippen LogP contribution in [0.1, 0.15) is 49.1 Å². The summed E-state index contributed by atoms with van der Waals surface area (Å²) in [6.07, 6.45) is 4.05. The second-order valence-corrected chi connectivity index (χ2v) is 6.35. The van der Waals surface area contributed by atoms with E-state index in [0.717, 1.165) is 17.4 Å². The number of hydrogen-bond acceptors (Lipinski definition) is 2. The number of ether oxygens (including phenoxy) is 2. The van der Waals surface area contributed by atoms with E-state index in [-0.39, 0.29) is 0 Å². The number of fused-ring (bicyclic) bond motifs is 1. The summed E-state index contributed by atoms with van der Waals surface area (Å²) in [6.45, 7) is 2.47. The van der Waals surface area contributed by atoms with Crippen molar-refractivity contribution in [2.24, 2.45) is 11.3 Å². The first-order valence-electron chi connectivity index (χ1n) is 6.95. The van der Waals surface area contributed by atoms with Crippen LogP contribution in [0, 0.1) is 11.3 Å². The Kier molecular flexibility index (Phi) is 1.92. The van der Waals surface area contributed by atoms with Crippen molar-refractivity contribution in [3.05, 3.63) is 23.3 Å². The Morgan fingerprint density at radius 2 is 1.72 bits per heavy atom. The monoisotopic (exact) mass is 244 g/mol. The maximum absolute atomic E-state index is 5.62. The van der Waals surface area contributed by atoms with Gasteiger partial charge < -0.3 is 9.47 Å². The SMILES string of the molecule is COc1ccc(OC)c2c1C1CCC2C2(C)CC12. The van der Waals surface area contributed by atoms with Crippen LogP contribution in [-0.2, 0) is 0 Å². The van der Waals surface area contributed by atoms with Crippen molar-refractivity contribution in [3.8, 4) is 11.5 Å². The van der Waals surface area contributed by atoms with Crippen LogP contribution in [0.4, 0.5) is 0 Å². The molecule has 4 aliphatic carbocycles. The molecule has 96 valence electrons. The predicted octanol–water partition coefficient (Wildman–Crippen LogP) is 3.70. The van der Waals surface area contributed by atoms with Crippen LogP contribution in [0.3, 0.4) is 0 Å². The molecule has 0 N–H and O–H groups in total. The van der Waals surface area contributed by atoms with Gasteiger partial charge >= 0.3 is 0 Å². The molecule has 0 heterocycles. The molecule has 18 heavy (non-hydrogen) atoms. The van der Waals surface area contributed by atoms with Gasteiger partial charge in [-0.1, -0.05) is 6.92 Å². The van der Waals surface area contributed by atoms with Crippen molar-refractivity contribution in [2.45, 2.75) is 38.0 Å². The fourth-order valence-corrected chi connectivity index (χ4v) is 4.81. The van der Waals surface area contributed by atoms with Crippen molar-refractivity contribution in [2.75, 3.05) is 14.2 Å². The molecule has 0 aliphatic heterocycles. The Hall–Kier alpha value is -1.18. The van der Waals surface area contributed by atoms with E-state index < -0.39 is 0 Å². The zero-order valence-corrected chi connectivity index (χ0v) is 11.3. The Morgan fingerprint density at radius 3 is 2.39 bits per heavy atom. The first-order chi connectivity index (χ1) is 8.70. The lowest BCUT2D eigenvalue weighted by atomic mass is 9.61. The van der Waals surface area contributed by atoms with Gasteiger partial charge in [0.25, 0.3) is 0 Å². The Bertz CT molecular complexity index is 522. The van der Waals surface area contributed by atoms with E-state index in [9.17, 15) is 0 Å². The van der Waals surface area contributed by atoms with Gasteiger partial charge in [0.05, 0.1) is 14.2 Å². The minimum Gasteiger partial charge on any atom is -0.496 e. The zero-order valence-electron chi connectivity index (χ0n) is 11.3. The molecule has 0 spiro atoms. The van der Waals surface area contributed by atoms with Gasteiger partial charge in [0.15, 0.2) is 0 Å². The van der Waals surface area contributed by atoms with Gasteiger partial charge in [-0.05, 0) is 54.6 Å². The van der Waals surface area contributed by atoms with Gasteiger partial charge in [-0.25, -0.2) is 0 Å². The fraction of sp³-hybridized carbons (Fsp3) is 0.625. The molecule has 5 rings (SSSR count). The van der Waals surface area contributed by atoms with Crippen molar-refractivity contribution < 1.29 is 9.47 Å². The van der Waals surface area contributed by atoms with Crippen LogP contribution in [0.15, 0.2) is 12.1 Å². The van der Waals surface area contributed by atoms with Crippen LogP contribution in [0.5, 0.6) is 11.5 Å². The fourth-order valence-electron chi connectivity index (χ4n) is 4.81. The molecule has 1 aromatic rings. The van der Waals surface area contributed by atoms with E-state index in [4.69, 9.17) is 9.47 Å². The largest absolute Gasteiger partial charge is 0.496 e. The minimum atomic E-state index is 0.551. The molecule has 2 fully saturated rings. The standard InChI is InChI=1S/C16H20O2/c1-16-8-11(16)9-4-5-10(16)15-13(18-3)7-6-12(17-2)14(9)15/h6-7,9-11H,4-5,8H2,1-3H3. The van der Waals surface area contributed by atoms with Crippen LogP contribution >= 0.6 is 0 Å². The quantitative estimate of drug-likeness (QED) is 0.789. The number of benzene rings is 1. The topological polar surface area (TPSA) is 18.5 Å². The molecule has 0 radical (unpaired) electrons. The van der Waals surface area contributed by atoms with Gasteiger partial charge in [-0.2, -0.15) is 0 Å². The summed E-state index contributed by atoms with van der Waals surface area (Å²) >= 11 is 0. The third kappa shape index (κ3) is 1.05. The first-order valence-corrected chi connectivity index (χ1v) is 6.95. The molecule has 4 atom stereocenters. The Balaban J connectivity index is 1.98. The maximum atomic E-state index is 5.62. The lowest BCUT2D eigenvalue weighted by Gasteiger charge is -2.43. The third-order valence-electron chi connectivity index (χ3n) is 5.76. The summed E-state index contributed by atoms with van der Waals surface area (Å²) in [5.74, 6) is 4.44. The first kappa shape index (κ1) is 10.7. The van der Waals surface area contributed by atoms with Crippen LogP contribution in [-0.4, -0.2) is 14.2 Å². The highest BCUT2D eigenvalue weighted by Crippen LogP contribution is 2.76. The van der Waals surface area contributed by atoms with Crippen LogP contribution in [0.25, 0.3) is 0 Å². The smallest absolute Gasteiger partial charge is 0.122 e. The van der Waals surface area contributed by atoms with Gasteiger partial charge in [0.2, 0.25) is 0 Å². The van der Waals surface area contributed by atoms with E-state index >= 15 is 0 Å². The molecule has 2 nitrogen and oxygen atoms in total. The van der Waals surface area contributed by atoms with Gasteiger partial charge in [-0.3, -0.25) is 0 Å². The van der Waals surface area contributed by atoms with E-state index in [0.29, 0.717) is 17.3 Å². The zero-order chi connectivity index (χ0) is 12.5. The Morgan fingerprint density at radius 1 is 1.06 bits per heavy atom. The molecule has 2 saturated carbocycles. The number of rotatable bonds is 2. The number of methoxy groups -OCH3 is 2. The summed E-state index contributed by atoms with van der Waals surface area (Å²) in [4.78, 5) is 0. The highest BCUT2D eigenvalue weighted by Gasteiger charge is 2.65. The molecular weight excluding hydrogens is 224 g/mol. The van der Waals surface area contributed by atoms with Crippen molar-refractivity contribution >= 4 is 0 Å². The van der Waals surface area contributed by atoms with Gasteiger partial charge in [0, 0.05) is 11.1 Å². The summed E-state index contributed by atoms with van der Waals surface area (Å²) in [6, 6.07) is 4.16. The maximum Gasteiger partial charge on any atom is 0.122 e. The molecule has 4 unspecified atom stereocenters. The highest BCUT2D eigenvalue weighted by molar-refractivity contribution is 5.58. The van der Waals surface area contributed by atoms with Crippen LogP contribution < -0.4 is 9.47 Å². The van der Waals surface area contributed by atoms with Gasteiger partial charge in [-0.15, -0.1) is 0 Å². The molecule has 2 heteroatoms. The highest BCUT2D eigenvalue weighted by atomic mass is 16.5. The predicted molar refractivity (Wildman–Crippen MR) is 70.5 cm³/mol. The summed E-state index contributed by atoms with van der Waals surface area (Å²) in [5, 5.41) is 0. The Labute approximate surface area is 108 Å².